The van der Waals surface area contributed by atoms with E-state index in [0.29, 0.717) is 0 Å². The fraction of sp³-hybridized carbons (Fsp3) is 0.286. The lowest BCUT2D eigenvalue weighted by atomic mass is 10.0. The molecule has 1 aromatic heterocycles. The maximum Gasteiger partial charge on any atom is 0.419 e. The molecule has 0 saturated heterocycles. The number of halogens is 5. The molecule has 1 aromatic carbocycles. The minimum Gasteiger partial charge on any atom is -0.206 e. The second-order valence-corrected chi connectivity index (χ2v) is 6.37. The van der Waals surface area contributed by atoms with Gasteiger partial charge in [0.15, 0.2) is 0 Å². The molecule has 0 aliphatic rings. The smallest absolute Gasteiger partial charge is 0.206 e. The van der Waals surface area contributed by atoms with Gasteiger partial charge in [0.1, 0.15) is 5.82 Å². The molecule has 0 saturated carbocycles. The summed E-state index contributed by atoms with van der Waals surface area (Å²) in [5.74, 6) is -1.29. The fourth-order valence-corrected chi connectivity index (χ4v) is 3.39. The van der Waals surface area contributed by atoms with Gasteiger partial charge in [-0.15, -0.1) is 22.9 Å². The molecule has 0 spiro atoms. The van der Waals surface area contributed by atoms with Crippen LogP contribution in [0.2, 0.25) is 0 Å². The highest BCUT2D eigenvalue weighted by Crippen LogP contribution is 2.38. The summed E-state index contributed by atoms with van der Waals surface area (Å²) in [4.78, 5) is 1.97. The first kappa shape index (κ1) is 15.3. The van der Waals surface area contributed by atoms with Crippen molar-refractivity contribution >= 4 is 22.9 Å². The number of alkyl halides is 4. The van der Waals surface area contributed by atoms with Crippen LogP contribution in [0.5, 0.6) is 0 Å². The number of benzene rings is 1. The van der Waals surface area contributed by atoms with Gasteiger partial charge in [-0.05, 0) is 43.2 Å². The summed E-state index contributed by atoms with van der Waals surface area (Å²) in [5.41, 5.74) is -0.291. The average molecular weight is 323 g/mol. The van der Waals surface area contributed by atoms with Gasteiger partial charge in [0, 0.05) is 9.75 Å². The Labute approximate surface area is 123 Å². The van der Waals surface area contributed by atoms with Gasteiger partial charge in [0.25, 0.3) is 0 Å². The molecule has 1 atom stereocenters. The monoisotopic (exact) mass is 322 g/mol. The molecule has 0 fully saturated rings. The van der Waals surface area contributed by atoms with Gasteiger partial charge in [0.2, 0.25) is 0 Å². The molecule has 6 heteroatoms. The summed E-state index contributed by atoms with van der Waals surface area (Å²) < 4.78 is 51.3. The topological polar surface area (TPSA) is 0 Å². The minimum absolute atomic E-state index is 0.237. The first-order valence-corrected chi connectivity index (χ1v) is 7.03. The van der Waals surface area contributed by atoms with Crippen LogP contribution in [0, 0.1) is 19.7 Å². The van der Waals surface area contributed by atoms with E-state index in [1.807, 2.05) is 19.9 Å². The van der Waals surface area contributed by atoms with Crippen LogP contribution in [0.3, 0.4) is 0 Å². The van der Waals surface area contributed by atoms with Crippen molar-refractivity contribution in [3.05, 3.63) is 56.5 Å². The quantitative estimate of drug-likeness (QED) is 0.480. The van der Waals surface area contributed by atoms with E-state index in [9.17, 15) is 17.6 Å². The number of aryl methyl sites for hydroxylation is 2. The van der Waals surface area contributed by atoms with Gasteiger partial charge >= 0.3 is 6.18 Å². The van der Waals surface area contributed by atoms with Crippen molar-refractivity contribution in [1.82, 2.24) is 0 Å². The largest absolute Gasteiger partial charge is 0.419 e. The summed E-state index contributed by atoms with van der Waals surface area (Å²) in [6.45, 7) is 3.76. The Kier molecular flexibility index (Phi) is 4.12. The van der Waals surface area contributed by atoms with E-state index in [1.54, 1.807) is 0 Å². The van der Waals surface area contributed by atoms with Crippen LogP contribution in [0.4, 0.5) is 17.6 Å². The van der Waals surface area contributed by atoms with Crippen molar-refractivity contribution in [3.63, 3.8) is 0 Å². The Morgan fingerprint density at radius 1 is 1.15 bits per heavy atom. The highest BCUT2D eigenvalue weighted by atomic mass is 35.5. The van der Waals surface area contributed by atoms with Crippen LogP contribution in [0.1, 0.15) is 31.8 Å². The van der Waals surface area contributed by atoms with Crippen molar-refractivity contribution in [2.24, 2.45) is 0 Å². The van der Waals surface area contributed by atoms with Gasteiger partial charge in [-0.3, -0.25) is 0 Å². The van der Waals surface area contributed by atoms with Crippen LogP contribution in [-0.2, 0) is 6.18 Å². The third kappa shape index (κ3) is 2.99. The molecule has 108 valence electrons. The molecular formula is C14H11ClF4S. The van der Waals surface area contributed by atoms with Gasteiger partial charge in [-0.1, -0.05) is 6.07 Å². The third-order valence-corrected chi connectivity index (χ3v) is 4.41. The summed E-state index contributed by atoms with van der Waals surface area (Å²) in [6.07, 6.45) is -4.73. The molecule has 20 heavy (non-hydrogen) atoms. The Morgan fingerprint density at radius 2 is 1.80 bits per heavy atom. The first-order valence-electron chi connectivity index (χ1n) is 5.78. The average Bonchev–Trinajstić information content (AvgIpc) is 2.66. The SMILES string of the molecule is Cc1cc(C(Cl)c2ccc(F)c(C(F)(F)F)c2)c(C)s1. The van der Waals surface area contributed by atoms with Crippen LogP contribution in [0.15, 0.2) is 24.3 Å². The van der Waals surface area contributed by atoms with E-state index in [2.05, 4.69) is 0 Å². The molecule has 2 rings (SSSR count). The highest BCUT2D eigenvalue weighted by molar-refractivity contribution is 7.12. The summed E-state index contributed by atoms with van der Waals surface area (Å²) >= 11 is 7.77. The maximum atomic E-state index is 13.3. The molecule has 0 nitrogen and oxygen atoms in total. The molecule has 1 unspecified atom stereocenters. The molecule has 0 bridgehead atoms. The van der Waals surface area contributed by atoms with Crippen LogP contribution < -0.4 is 0 Å². The molecule has 0 radical (unpaired) electrons. The third-order valence-electron chi connectivity index (χ3n) is 2.94. The number of thiophene rings is 1. The lowest BCUT2D eigenvalue weighted by Gasteiger charge is -2.14. The molecule has 2 aromatic rings. The molecule has 0 aliphatic heterocycles. The van der Waals surface area contributed by atoms with Crippen LogP contribution in [-0.4, -0.2) is 0 Å². The number of hydrogen-bond acceptors (Lipinski definition) is 1. The highest BCUT2D eigenvalue weighted by Gasteiger charge is 2.34. The molecule has 0 amide bonds. The zero-order valence-corrected chi connectivity index (χ0v) is 12.3. The van der Waals surface area contributed by atoms with E-state index in [0.717, 1.165) is 27.5 Å². The summed E-state index contributed by atoms with van der Waals surface area (Å²) in [7, 11) is 0. The lowest BCUT2D eigenvalue weighted by molar-refractivity contribution is -0.140. The lowest BCUT2D eigenvalue weighted by Crippen LogP contribution is -2.09. The summed E-state index contributed by atoms with van der Waals surface area (Å²) in [6, 6.07) is 4.71. The van der Waals surface area contributed by atoms with Crippen molar-refractivity contribution in [2.75, 3.05) is 0 Å². The second kappa shape index (κ2) is 5.37. The van der Waals surface area contributed by atoms with E-state index in [4.69, 9.17) is 11.6 Å². The number of hydrogen-bond donors (Lipinski definition) is 0. The molecule has 0 N–H and O–H groups in total. The molecule has 1 heterocycles. The Balaban J connectivity index is 2.46. The summed E-state index contributed by atoms with van der Waals surface area (Å²) in [5, 5.41) is -0.721. The zero-order chi connectivity index (χ0) is 15.1. The van der Waals surface area contributed by atoms with Gasteiger partial charge < -0.3 is 0 Å². The van der Waals surface area contributed by atoms with Crippen LogP contribution in [0.25, 0.3) is 0 Å². The van der Waals surface area contributed by atoms with E-state index in [1.165, 1.54) is 17.4 Å². The second-order valence-electron chi connectivity index (χ2n) is 4.47. The molecular weight excluding hydrogens is 312 g/mol. The first-order chi connectivity index (χ1) is 9.20. The van der Waals surface area contributed by atoms with Gasteiger partial charge in [-0.25, -0.2) is 4.39 Å². The Morgan fingerprint density at radius 3 is 2.30 bits per heavy atom. The minimum atomic E-state index is -4.73. The Bertz CT molecular complexity index is 631. The fourth-order valence-electron chi connectivity index (χ4n) is 2.00. The zero-order valence-electron chi connectivity index (χ0n) is 10.7. The maximum absolute atomic E-state index is 13.3. The van der Waals surface area contributed by atoms with Crippen molar-refractivity contribution in [2.45, 2.75) is 25.4 Å². The predicted octanol–water partition coefficient (Wildman–Crippen LogP) is 5.85. The van der Waals surface area contributed by atoms with Crippen LogP contribution >= 0.6 is 22.9 Å². The predicted molar refractivity (Wildman–Crippen MR) is 72.9 cm³/mol. The van der Waals surface area contributed by atoms with E-state index >= 15 is 0 Å². The molecule has 0 aliphatic carbocycles. The van der Waals surface area contributed by atoms with Crippen molar-refractivity contribution in [3.8, 4) is 0 Å². The van der Waals surface area contributed by atoms with Gasteiger partial charge in [-0.2, -0.15) is 13.2 Å². The van der Waals surface area contributed by atoms with E-state index in [-0.39, 0.29) is 5.56 Å². The van der Waals surface area contributed by atoms with Crippen molar-refractivity contribution < 1.29 is 17.6 Å². The van der Waals surface area contributed by atoms with Crippen molar-refractivity contribution in [1.29, 1.82) is 0 Å². The number of rotatable bonds is 2. The standard InChI is InChI=1S/C14H11ClF4S/c1-7-5-10(8(2)20-7)13(15)9-3-4-12(16)11(6-9)14(17,18)19/h3-6,13H,1-2H3. The Hall–Kier alpha value is -1.07. The normalized spacial score (nSPS) is 13.6. The van der Waals surface area contributed by atoms with Gasteiger partial charge in [0.05, 0.1) is 10.9 Å². The van der Waals surface area contributed by atoms with E-state index < -0.39 is 22.9 Å².